The number of benzene rings is 1. The molecule has 1 aromatic rings. The topological polar surface area (TPSA) is 12.5 Å². The zero-order valence-electron chi connectivity index (χ0n) is 13.3. The fraction of sp³-hybridized carbons (Fsp3) is 0.647. The van der Waals surface area contributed by atoms with Crippen molar-refractivity contribution in [3.63, 3.8) is 0 Å². The van der Waals surface area contributed by atoms with Crippen molar-refractivity contribution in [2.75, 3.05) is 13.1 Å². The van der Waals surface area contributed by atoms with Gasteiger partial charge in [0.1, 0.15) is 5.75 Å². The van der Waals surface area contributed by atoms with Gasteiger partial charge in [-0.3, -0.25) is 0 Å². The van der Waals surface area contributed by atoms with E-state index in [2.05, 4.69) is 23.5 Å². The SMILES string of the molecule is CCC(C)N1CCCCC1.Cc1cccc(OC(F)F)c1. The van der Waals surface area contributed by atoms with E-state index in [1.165, 1.54) is 44.8 Å². The van der Waals surface area contributed by atoms with Gasteiger partial charge in [-0.25, -0.2) is 0 Å². The Balaban J connectivity index is 0.000000211. The molecule has 120 valence electrons. The number of alkyl halides is 2. The summed E-state index contributed by atoms with van der Waals surface area (Å²) >= 11 is 0. The molecular formula is C17H27F2NO. The first kappa shape index (κ1) is 17.9. The van der Waals surface area contributed by atoms with Gasteiger partial charge >= 0.3 is 6.61 Å². The lowest BCUT2D eigenvalue weighted by Gasteiger charge is -2.31. The molecule has 1 aliphatic heterocycles. The maximum atomic E-state index is 11.6. The lowest BCUT2D eigenvalue weighted by Crippen LogP contribution is -2.36. The molecule has 1 aromatic carbocycles. The molecule has 1 atom stereocenters. The second kappa shape index (κ2) is 9.72. The normalized spacial score (nSPS) is 17.0. The molecule has 1 fully saturated rings. The van der Waals surface area contributed by atoms with E-state index in [1.807, 2.05) is 13.0 Å². The Bertz CT molecular complexity index is 392. The molecule has 1 aliphatic rings. The molecule has 0 bridgehead atoms. The minimum atomic E-state index is -2.74. The van der Waals surface area contributed by atoms with Crippen LogP contribution in [0.2, 0.25) is 0 Å². The van der Waals surface area contributed by atoms with Crippen molar-refractivity contribution in [2.45, 2.75) is 59.1 Å². The highest BCUT2D eigenvalue weighted by molar-refractivity contribution is 5.27. The fourth-order valence-electron chi connectivity index (χ4n) is 2.41. The van der Waals surface area contributed by atoms with Gasteiger partial charge in [-0.2, -0.15) is 8.78 Å². The number of ether oxygens (including phenoxy) is 1. The van der Waals surface area contributed by atoms with E-state index in [0.29, 0.717) is 0 Å². The molecule has 0 aromatic heterocycles. The summed E-state index contributed by atoms with van der Waals surface area (Å²) in [5, 5.41) is 0. The number of halogens is 2. The smallest absolute Gasteiger partial charge is 0.387 e. The minimum Gasteiger partial charge on any atom is -0.435 e. The highest BCUT2D eigenvalue weighted by atomic mass is 19.3. The van der Waals surface area contributed by atoms with E-state index in [-0.39, 0.29) is 5.75 Å². The molecule has 1 unspecified atom stereocenters. The Labute approximate surface area is 127 Å². The number of aryl methyl sites for hydroxylation is 1. The highest BCUT2D eigenvalue weighted by Crippen LogP contribution is 2.15. The van der Waals surface area contributed by atoms with Gasteiger partial charge in [-0.15, -0.1) is 0 Å². The molecule has 0 N–H and O–H groups in total. The summed E-state index contributed by atoms with van der Waals surface area (Å²) in [4.78, 5) is 2.61. The lowest BCUT2D eigenvalue weighted by molar-refractivity contribution is -0.0498. The van der Waals surface area contributed by atoms with Crippen LogP contribution < -0.4 is 4.74 Å². The first-order valence-corrected chi connectivity index (χ1v) is 7.78. The molecule has 0 amide bonds. The van der Waals surface area contributed by atoms with Gasteiger partial charge in [0.15, 0.2) is 0 Å². The Morgan fingerprint density at radius 1 is 1.19 bits per heavy atom. The van der Waals surface area contributed by atoms with Crippen molar-refractivity contribution in [1.82, 2.24) is 4.90 Å². The third-order valence-corrected chi connectivity index (χ3v) is 3.82. The van der Waals surface area contributed by atoms with Gasteiger partial charge in [-0.05, 0) is 63.9 Å². The molecule has 0 saturated carbocycles. The van der Waals surface area contributed by atoms with E-state index in [9.17, 15) is 8.78 Å². The lowest BCUT2D eigenvalue weighted by atomic mass is 10.1. The first-order valence-electron chi connectivity index (χ1n) is 7.78. The summed E-state index contributed by atoms with van der Waals surface area (Å²) in [6.45, 7) is 6.38. The molecule has 1 heterocycles. The molecule has 2 rings (SSSR count). The molecule has 4 heteroatoms. The predicted octanol–water partition coefficient (Wildman–Crippen LogP) is 4.87. The maximum Gasteiger partial charge on any atom is 0.387 e. The van der Waals surface area contributed by atoms with Gasteiger partial charge in [0.25, 0.3) is 0 Å². The standard InChI is InChI=1S/C9H19N.C8H8F2O/c1-3-9(2)10-7-5-4-6-8-10;1-6-3-2-4-7(5-6)11-8(9)10/h9H,3-8H2,1-2H3;2-5,8H,1H3. The van der Waals surface area contributed by atoms with Gasteiger partial charge in [0.05, 0.1) is 0 Å². The Morgan fingerprint density at radius 2 is 1.86 bits per heavy atom. The first-order chi connectivity index (χ1) is 10.0. The van der Waals surface area contributed by atoms with Gasteiger partial charge in [0, 0.05) is 6.04 Å². The number of likely N-dealkylation sites (tertiary alicyclic amines) is 1. The fourth-order valence-corrected chi connectivity index (χ4v) is 2.41. The van der Waals surface area contributed by atoms with Crippen molar-refractivity contribution in [2.24, 2.45) is 0 Å². The van der Waals surface area contributed by atoms with Crippen LogP contribution in [-0.4, -0.2) is 30.6 Å². The highest BCUT2D eigenvalue weighted by Gasteiger charge is 2.14. The minimum absolute atomic E-state index is 0.208. The Morgan fingerprint density at radius 3 is 2.38 bits per heavy atom. The molecule has 1 saturated heterocycles. The second-order valence-corrected chi connectivity index (χ2v) is 5.55. The Hall–Kier alpha value is -1.16. The predicted molar refractivity (Wildman–Crippen MR) is 83.0 cm³/mol. The largest absolute Gasteiger partial charge is 0.435 e. The second-order valence-electron chi connectivity index (χ2n) is 5.55. The Kier molecular flexibility index (Phi) is 8.28. The van der Waals surface area contributed by atoms with E-state index in [1.54, 1.807) is 12.1 Å². The zero-order valence-corrected chi connectivity index (χ0v) is 13.3. The monoisotopic (exact) mass is 299 g/mol. The summed E-state index contributed by atoms with van der Waals surface area (Å²) in [5.74, 6) is 0.208. The van der Waals surface area contributed by atoms with E-state index >= 15 is 0 Å². The summed E-state index contributed by atoms with van der Waals surface area (Å²) in [6.07, 6.45) is 5.60. The third-order valence-electron chi connectivity index (χ3n) is 3.82. The van der Waals surface area contributed by atoms with Crippen LogP contribution in [-0.2, 0) is 0 Å². The van der Waals surface area contributed by atoms with E-state index in [4.69, 9.17) is 0 Å². The molecular weight excluding hydrogens is 272 g/mol. The zero-order chi connectivity index (χ0) is 15.7. The number of hydrogen-bond acceptors (Lipinski definition) is 2. The van der Waals surface area contributed by atoms with Crippen LogP contribution in [0.5, 0.6) is 5.75 Å². The van der Waals surface area contributed by atoms with Crippen LogP contribution in [0, 0.1) is 6.92 Å². The number of piperidine rings is 1. The molecule has 0 spiro atoms. The molecule has 21 heavy (non-hydrogen) atoms. The van der Waals surface area contributed by atoms with Gasteiger partial charge in [-0.1, -0.05) is 25.5 Å². The van der Waals surface area contributed by atoms with Crippen molar-refractivity contribution in [3.8, 4) is 5.75 Å². The van der Waals surface area contributed by atoms with Crippen LogP contribution in [0.15, 0.2) is 24.3 Å². The quantitative estimate of drug-likeness (QED) is 0.786. The van der Waals surface area contributed by atoms with Crippen LogP contribution >= 0.6 is 0 Å². The van der Waals surface area contributed by atoms with Crippen molar-refractivity contribution >= 4 is 0 Å². The number of hydrogen-bond donors (Lipinski definition) is 0. The van der Waals surface area contributed by atoms with E-state index in [0.717, 1.165) is 11.6 Å². The summed E-state index contributed by atoms with van der Waals surface area (Å²) in [5.41, 5.74) is 0.906. The van der Waals surface area contributed by atoms with Gasteiger partial charge in [0.2, 0.25) is 0 Å². The molecule has 2 nitrogen and oxygen atoms in total. The average Bonchev–Trinajstić information content (AvgIpc) is 2.47. The average molecular weight is 299 g/mol. The summed E-state index contributed by atoms with van der Waals surface area (Å²) in [7, 11) is 0. The van der Waals surface area contributed by atoms with Crippen molar-refractivity contribution in [1.29, 1.82) is 0 Å². The van der Waals surface area contributed by atoms with Crippen LogP contribution in [0.1, 0.15) is 45.1 Å². The van der Waals surface area contributed by atoms with Crippen LogP contribution in [0.25, 0.3) is 0 Å². The van der Waals surface area contributed by atoms with Crippen molar-refractivity contribution < 1.29 is 13.5 Å². The van der Waals surface area contributed by atoms with E-state index < -0.39 is 6.61 Å². The number of rotatable bonds is 4. The van der Waals surface area contributed by atoms with Crippen LogP contribution in [0.4, 0.5) is 8.78 Å². The summed E-state index contributed by atoms with van der Waals surface area (Å²) < 4.78 is 27.4. The molecule has 0 radical (unpaired) electrons. The number of nitrogens with zero attached hydrogens (tertiary/aromatic N) is 1. The molecule has 0 aliphatic carbocycles. The van der Waals surface area contributed by atoms with Crippen LogP contribution in [0.3, 0.4) is 0 Å². The summed E-state index contributed by atoms with van der Waals surface area (Å²) in [6, 6.07) is 7.37. The van der Waals surface area contributed by atoms with Crippen molar-refractivity contribution in [3.05, 3.63) is 29.8 Å². The third kappa shape index (κ3) is 7.42. The maximum absolute atomic E-state index is 11.6. The van der Waals surface area contributed by atoms with Gasteiger partial charge < -0.3 is 9.64 Å².